The molecule has 0 fully saturated rings. The predicted octanol–water partition coefficient (Wildman–Crippen LogP) is 2.93. The van der Waals surface area contributed by atoms with Crippen LogP contribution in [0.2, 0.25) is 0 Å². The van der Waals surface area contributed by atoms with Crippen molar-refractivity contribution in [2.24, 2.45) is 0 Å². The van der Waals surface area contributed by atoms with Crippen LogP contribution >= 0.6 is 11.3 Å². The van der Waals surface area contributed by atoms with Gasteiger partial charge in [0.2, 0.25) is 5.91 Å². The Labute approximate surface area is 128 Å². The van der Waals surface area contributed by atoms with E-state index in [4.69, 9.17) is 0 Å². The number of thiophene rings is 1. The average Bonchev–Trinajstić information content (AvgIpc) is 2.98. The Morgan fingerprint density at radius 3 is 2.95 bits per heavy atom. The minimum absolute atomic E-state index is 0.116. The number of carbonyl (C=O) groups excluding carboxylic acids is 1. The Morgan fingerprint density at radius 2 is 2.24 bits per heavy atom. The number of hydrogen-bond acceptors (Lipinski definition) is 3. The minimum Gasteiger partial charge on any atom is -0.388 e. The molecule has 1 aromatic heterocycles. The maximum Gasteiger partial charge on any atom is 0.219 e. The first-order valence-corrected chi connectivity index (χ1v) is 8.09. The van der Waals surface area contributed by atoms with E-state index in [1.807, 2.05) is 28.5 Å². The summed E-state index contributed by atoms with van der Waals surface area (Å²) in [7, 11) is 0. The van der Waals surface area contributed by atoms with E-state index in [1.54, 1.807) is 18.3 Å². The van der Waals surface area contributed by atoms with Gasteiger partial charge in [0.05, 0.1) is 6.10 Å². The van der Waals surface area contributed by atoms with E-state index >= 15 is 0 Å². The van der Waals surface area contributed by atoms with Crippen molar-refractivity contribution in [2.75, 3.05) is 6.54 Å². The molecule has 4 heteroatoms. The smallest absolute Gasteiger partial charge is 0.219 e. The van der Waals surface area contributed by atoms with Crippen LogP contribution in [0.25, 0.3) is 0 Å². The number of amides is 1. The topological polar surface area (TPSA) is 40.5 Å². The highest BCUT2D eigenvalue weighted by molar-refractivity contribution is 7.09. The second-order valence-electron chi connectivity index (χ2n) is 5.52. The summed E-state index contributed by atoms with van der Waals surface area (Å²) in [5, 5.41) is 12.4. The van der Waals surface area contributed by atoms with E-state index in [0.29, 0.717) is 13.0 Å². The molecule has 1 amide bonds. The third-order valence-electron chi connectivity index (χ3n) is 4.05. The van der Waals surface area contributed by atoms with Gasteiger partial charge in [0.15, 0.2) is 0 Å². The molecule has 1 aliphatic rings. The number of aliphatic hydroxyl groups is 1. The number of benzene rings is 1. The highest BCUT2D eigenvalue weighted by Crippen LogP contribution is 2.26. The van der Waals surface area contributed by atoms with Gasteiger partial charge in [0.1, 0.15) is 0 Å². The Hall–Kier alpha value is -1.65. The van der Waals surface area contributed by atoms with Crippen LogP contribution in [0.5, 0.6) is 0 Å². The number of carbonyl (C=O) groups is 1. The van der Waals surface area contributed by atoms with Gasteiger partial charge in [-0.05, 0) is 34.6 Å². The van der Waals surface area contributed by atoms with Gasteiger partial charge in [-0.2, -0.15) is 0 Å². The molecule has 1 aromatic carbocycles. The van der Waals surface area contributed by atoms with E-state index in [0.717, 1.165) is 18.5 Å². The third-order valence-corrected chi connectivity index (χ3v) is 4.95. The zero-order valence-electron chi connectivity index (χ0n) is 12.1. The van der Waals surface area contributed by atoms with E-state index < -0.39 is 6.10 Å². The number of aliphatic hydroxyl groups excluding tert-OH is 1. The van der Waals surface area contributed by atoms with Crippen molar-refractivity contribution in [3.05, 3.63) is 57.3 Å². The van der Waals surface area contributed by atoms with Gasteiger partial charge in [-0.25, -0.2) is 0 Å². The molecule has 0 bridgehead atoms. The highest BCUT2D eigenvalue weighted by Gasteiger charge is 2.19. The molecule has 1 aliphatic heterocycles. The first-order valence-electron chi connectivity index (χ1n) is 7.21. The summed E-state index contributed by atoms with van der Waals surface area (Å²) >= 11 is 1.67. The standard InChI is InChI=1S/C17H19NO2S/c1-12(19)18-7-6-13-4-5-14(9-15(13)11-18)17(20)10-16-3-2-8-21-16/h2-5,8-9,17,20H,6-7,10-11H2,1H3. The summed E-state index contributed by atoms with van der Waals surface area (Å²) in [6, 6.07) is 10.2. The molecule has 0 aliphatic carbocycles. The lowest BCUT2D eigenvalue weighted by atomic mass is 9.94. The molecule has 3 nitrogen and oxygen atoms in total. The van der Waals surface area contributed by atoms with Gasteiger partial charge >= 0.3 is 0 Å². The zero-order chi connectivity index (χ0) is 14.8. The molecule has 0 saturated heterocycles. The second-order valence-corrected chi connectivity index (χ2v) is 6.55. The fourth-order valence-corrected chi connectivity index (χ4v) is 3.53. The molecule has 21 heavy (non-hydrogen) atoms. The average molecular weight is 301 g/mol. The van der Waals surface area contributed by atoms with E-state index in [2.05, 4.69) is 12.1 Å². The van der Waals surface area contributed by atoms with Gasteiger partial charge in [-0.15, -0.1) is 11.3 Å². The largest absolute Gasteiger partial charge is 0.388 e. The maximum atomic E-state index is 11.5. The Kier molecular flexibility index (Phi) is 4.08. The summed E-state index contributed by atoms with van der Waals surface area (Å²) in [5.41, 5.74) is 3.39. The van der Waals surface area contributed by atoms with Gasteiger partial charge in [0, 0.05) is 31.3 Å². The summed E-state index contributed by atoms with van der Waals surface area (Å²) in [6.07, 6.45) is 1.06. The quantitative estimate of drug-likeness (QED) is 0.947. The third kappa shape index (κ3) is 3.17. The van der Waals surface area contributed by atoms with E-state index in [-0.39, 0.29) is 5.91 Å². The van der Waals surface area contributed by atoms with Crippen LogP contribution in [0.3, 0.4) is 0 Å². The van der Waals surface area contributed by atoms with Gasteiger partial charge in [-0.1, -0.05) is 24.3 Å². The first kappa shape index (κ1) is 14.3. The van der Waals surface area contributed by atoms with Crippen LogP contribution in [0.4, 0.5) is 0 Å². The molecule has 1 unspecified atom stereocenters. The number of nitrogens with zero attached hydrogens (tertiary/aromatic N) is 1. The highest BCUT2D eigenvalue weighted by atomic mass is 32.1. The maximum absolute atomic E-state index is 11.5. The van der Waals surface area contributed by atoms with E-state index in [9.17, 15) is 9.90 Å². The van der Waals surface area contributed by atoms with Crippen LogP contribution < -0.4 is 0 Å². The fraction of sp³-hybridized carbons (Fsp3) is 0.353. The minimum atomic E-state index is -0.485. The number of rotatable bonds is 3. The van der Waals surface area contributed by atoms with Gasteiger partial charge in [0.25, 0.3) is 0 Å². The molecule has 1 N–H and O–H groups in total. The van der Waals surface area contributed by atoms with Gasteiger partial charge < -0.3 is 10.0 Å². The second kappa shape index (κ2) is 6.00. The zero-order valence-corrected chi connectivity index (χ0v) is 12.9. The van der Waals surface area contributed by atoms with Crippen LogP contribution in [0.1, 0.15) is 34.6 Å². The van der Waals surface area contributed by atoms with Gasteiger partial charge in [-0.3, -0.25) is 4.79 Å². The molecule has 0 saturated carbocycles. The molecule has 1 atom stereocenters. The lowest BCUT2D eigenvalue weighted by Gasteiger charge is -2.28. The Bertz CT molecular complexity index is 636. The normalized spacial score (nSPS) is 15.6. The monoisotopic (exact) mass is 301 g/mol. The van der Waals surface area contributed by atoms with Crippen molar-refractivity contribution in [3.63, 3.8) is 0 Å². The van der Waals surface area contributed by atoms with Crippen LogP contribution in [0, 0.1) is 0 Å². The molecule has 2 heterocycles. The van der Waals surface area contributed by atoms with Crippen molar-refractivity contribution in [3.8, 4) is 0 Å². The molecule has 110 valence electrons. The van der Waals surface area contributed by atoms with Crippen molar-refractivity contribution >= 4 is 17.2 Å². The lowest BCUT2D eigenvalue weighted by molar-refractivity contribution is -0.129. The summed E-state index contributed by atoms with van der Waals surface area (Å²) < 4.78 is 0. The molecule has 3 rings (SSSR count). The summed E-state index contributed by atoms with van der Waals surface area (Å²) in [4.78, 5) is 14.6. The van der Waals surface area contributed by atoms with Crippen molar-refractivity contribution in [2.45, 2.75) is 32.4 Å². The number of fused-ring (bicyclic) bond motifs is 1. The Morgan fingerprint density at radius 1 is 1.38 bits per heavy atom. The van der Waals surface area contributed by atoms with Crippen LogP contribution in [0.15, 0.2) is 35.7 Å². The molecular weight excluding hydrogens is 282 g/mol. The molecule has 0 radical (unpaired) electrons. The SMILES string of the molecule is CC(=O)N1CCc2ccc(C(O)Cc3cccs3)cc2C1. The van der Waals surface area contributed by atoms with Crippen LogP contribution in [-0.2, 0) is 24.2 Å². The van der Waals surface area contributed by atoms with Crippen molar-refractivity contribution < 1.29 is 9.90 Å². The first-order chi connectivity index (χ1) is 10.1. The van der Waals surface area contributed by atoms with Crippen molar-refractivity contribution in [1.82, 2.24) is 4.90 Å². The van der Waals surface area contributed by atoms with Crippen molar-refractivity contribution in [1.29, 1.82) is 0 Å². The Balaban J connectivity index is 1.78. The van der Waals surface area contributed by atoms with Crippen LogP contribution in [-0.4, -0.2) is 22.5 Å². The predicted molar refractivity (Wildman–Crippen MR) is 84.2 cm³/mol. The molecule has 0 spiro atoms. The summed E-state index contributed by atoms with van der Waals surface area (Å²) in [6.45, 7) is 3.06. The van der Waals surface area contributed by atoms with E-state index in [1.165, 1.54) is 16.0 Å². The number of hydrogen-bond donors (Lipinski definition) is 1. The molecular formula is C17H19NO2S. The fourth-order valence-electron chi connectivity index (χ4n) is 2.79. The lowest BCUT2D eigenvalue weighted by Crippen LogP contribution is -2.34. The molecule has 2 aromatic rings. The summed E-state index contributed by atoms with van der Waals surface area (Å²) in [5.74, 6) is 0.116.